The summed E-state index contributed by atoms with van der Waals surface area (Å²) in [5.41, 5.74) is 2.93. The molecule has 0 amide bonds. The Morgan fingerprint density at radius 1 is 1.22 bits per heavy atom. The van der Waals surface area contributed by atoms with Crippen LogP contribution in [0.2, 0.25) is 0 Å². The third-order valence-electron chi connectivity index (χ3n) is 2.61. The summed E-state index contributed by atoms with van der Waals surface area (Å²) in [5, 5.41) is 8.86. The summed E-state index contributed by atoms with van der Waals surface area (Å²) in [7, 11) is 0. The number of nitrogens with zero attached hydrogens (tertiary/aromatic N) is 2. The second kappa shape index (κ2) is 6.07. The highest BCUT2D eigenvalue weighted by atomic mass is 79.9. The van der Waals surface area contributed by atoms with Gasteiger partial charge in [-0.2, -0.15) is 0 Å². The molecule has 3 nitrogen and oxygen atoms in total. The molecule has 94 valence electrons. The highest BCUT2D eigenvalue weighted by Crippen LogP contribution is 2.26. The quantitative estimate of drug-likeness (QED) is 0.944. The number of aliphatic hydroxyl groups is 1. The van der Waals surface area contributed by atoms with Crippen molar-refractivity contribution in [2.45, 2.75) is 19.8 Å². The number of aliphatic hydroxyl groups excluding tert-OH is 1. The first-order chi connectivity index (χ1) is 8.70. The fourth-order valence-corrected chi connectivity index (χ4v) is 2.27. The van der Waals surface area contributed by atoms with Crippen LogP contribution < -0.4 is 0 Å². The second-order valence-corrected chi connectivity index (χ2v) is 4.97. The predicted octanol–water partition coefficient (Wildman–Crippen LogP) is 3.14. The van der Waals surface area contributed by atoms with Gasteiger partial charge in [0.05, 0.1) is 5.69 Å². The van der Waals surface area contributed by atoms with E-state index in [0.717, 1.165) is 27.2 Å². The molecule has 0 atom stereocenters. The van der Waals surface area contributed by atoms with Crippen molar-refractivity contribution in [3.63, 3.8) is 0 Å². The molecule has 0 aliphatic heterocycles. The van der Waals surface area contributed by atoms with Crippen LogP contribution in [0.4, 0.5) is 0 Å². The highest BCUT2D eigenvalue weighted by Gasteiger charge is 2.07. The van der Waals surface area contributed by atoms with Gasteiger partial charge in [-0.05, 0) is 25.5 Å². The van der Waals surface area contributed by atoms with E-state index in [0.29, 0.717) is 12.8 Å². The maximum absolute atomic E-state index is 8.86. The molecule has 2 rings (SSSR count). The van der Waals surface area contributed by atoms with Gasteiger partial charge in [-0.15, -0.1) is 0 Å². The summed E-state index contributed by atoms with van der Waals surface area (Å²) in [4.78, 5) is 8.94. The average molecular weight is 307 g/mol. The van der Waals surface area contributed by atoms with Crippen LogP contribution in [0.25, 0.3) is 11.3 Å². The second-order valence-electron chi connectivity index (χ2n) is 4.12. The standard InChI is InChI=1S/C14H15BrN2O/c1-10-9-13(11-5-2-3-6-12(11)15)17-14(16-10)7-4-8-18/h2-3,5-6,9,18H,4,7-8H2,1H3. The largest absolute Gasteiger partial charge is 0.396 e. The normalized spacial score (nSPS) is 10.6. The minimum atomic E-state index is 0.168. The van der Waals surface area contributed by atoms with Crippen LogP contribution >= 0.6 is 15.9 Å². The van der Waals surface area contributed by atoms with Crippen LogP contribution in [0.5, 0.6) is 0 Å². The molecule has 0 saturated carbocycles. The molecule has 1 heterocycles. The zero-order chi connectivity index (χ0) is 13.0. The van der Waals surface area contributed by atoms with Crippen LogP contribution in [-0.4, -0.2) is 21.7 Å². The average Bonchev–Trinajstić information content (AvgIpc) is 2.36. The highest BCUT2D eigenvalue weighted by molar-refractivity contribution is 9.10. The van der Waals surface area contributed by atoms with Crippen molar-refractivity contribution in [3.8, 4) is 11.3 Å². The van der Waals surface area contributed by atoms with E-state index in [9.17, 15) is 0 Å². The SMILES string of the molecule is Cc1cc(-c2ccccc2Br)nc(CCCO)n1. The van der Waals surface area contributed by atoms with Gasteiger partial charge in [0.15, 0.2) is 0 Å². The Hall–Kier alpha value is -1.26. The van der Waals surface area contributed by atoms with E-state index in [-0.39, 0.29) is 6.61 Å². The molecular formula is C14H15BrN2O. The molecule has 0 unspecified atom stereocenters. The van der Waals surface area contributed by atoms with Crippen molar-refractivity contribution in [2.24, 2.45) is 0 Å². The summed E-state index contributed by atoms with van der Waals surface area (Å²) in [6.45, 7) is 2.13. The zero-order valence-electron chi connectivity index (χ0n) is 10.2. The van der Waals surface area contributed by atoms with Gasteiger partial charge in [0.1, 0.15) is 5.82 Å². The van der Waals surface area contributed by atoms with Gasteiger partial charge < -0.3 is 5.11 Å². The Bertz CT molecular complexity index is 543. The summed E-state index contributed by atoms with van der Waals surface area (Å²) in [6.07, 6.45) is 1.40. The Kier molecular flexibility index (Phi) is 4.44. The summed E-state index contributed by atoms with van der Waals surface area (Å²) in [6, 6.07) is 9.98. The lowest BCUT2D eigenvalue weighted by Crippen LogP contribution is -2.00. The molecule has 2 aromatic rings. The van der Waals surface area contributed by atoms with Gasteiger partial charge >= 0.3 is 0 Å². The third kappa shape index (κ3) is 3.15. The smallest absolute Gasteiger partial charge is 0.129 e. The number of aryl methyl sites for hydroxylation is 2. The van der Waals surface area contributed by atoms with Crippen LogP contribution in [0.3, 0.4) is 0 Å². The summed E-state index contributed by atoms with van der Waals surface area (Å²) >= 11 is 3.53. The van der Waals surface area contributed by atoms with Gasteiger partial charge in [0.2, 0.25) is 0 Å². The van der Waals surface area contributed by atoms with Crippen molar-refractivity contribution in [2.75, 3.05) is 6.61 Å². The Balaban J connectivity index is 2.39. The van der Waals surface area contributed by atoms with E-state index in [4.69, 9.17) is 5.11 Å². The van der Waals surface area contributed by atoms with Gasteiger partial charge in [0, 0.05) is 28.8 Å². The number of benzene rings is 1. The van der Waals surface area contributed by atoms with E-state index in [1.165, 1.54) is 0 Å². The Morgan fingerprint density at radius 3 is 2.72 bits per heavy atom. The lowest BCUT2D eigenvalue weighted by molar-refractivity contribution is 0.287. The molecule has 0 saturated heterocycles. The molecule has 0 fully saturated rings. The number of halogens is 1. The van der Waals surface area contributed by atoms with Crippen molar-refractivity contribution in [1.29, 1.82) is 0 Å². The third-order valence-corrected chi connectivity index (χ3v) is 3.30. The minimum absolute atomic E-state index is 0.168. The van der Waals surface area contributed by atoms with Crippen molar-refractivity contribution in [1.82, 2.24) is 9.97 Å². The Labute approximate surface area is 115 Å². The van der Waals surface area contributed by atoms with Crippen molar-refractivity contribution in [3.05, 3.63) is 46.3 Å². The summed E-state index contributed by atoms with van der Waals surface area (Å²) < 4.78 is 1.02. The molecule has 4 heteroatoms. The van der Waals surface area contributed by atoms with E-state index in [1.807, 2.05) is 37.3 Å². The molecule has 1 aromatic heterocycles. The van der Waals surface area contributed by atoms with E-state index >= 15 is 0 Å². The monoisotopic (exact) mass is 306 g/mol. The molecule has 1 aromatic carbocycles. The van der Waals surface area contributed by atoms with Gasteiger partial charge in [-0.1, -0.05) is 34.1 Å². The van der Waals surface area contributed by atoms with E-state index < -0.39 is 0 Å². The van der Waals surface area contributed by atoms with Gasteiger partial charge in [-0.3, -0.25) is 0 Å². The number of rotatable bonds is 4. The van der Waals surface area contributed by atoms with E-state index in [1.54, 1.807) is 0 Å². The maximum Gasteiger partial charge on any atom is 0.129 e. The molecule has 0 aliphatic rings. The summed E-state index contributed by atoms with van der Waals surface area (Å²) in [5.74, 6) is 0.787. The van der Waals surface area contributed by atoms with Crippen molar-refractivity contribution >= 4 is 15.9 Å². The Morgan fingerprint density at radius 2 is 2.00 bits per heavy atom. The first-order valence-corrected chi connectivity index (χ1v) is 6.70. The number of aromatic nitrogens is 2. The fourth-order valence-electron chi connectivity index (χ4n) is 1.79. The minimum Gasteiger partial charge on any atom is -0.396 e. The van der Waals surface area contributed by atoms with Crippen molar-refractivity contribution < 1.29 is 5.11 Å². The van der Waals surface area contributed by atoms with E-state index in [2.05, 4.69) is 25.9 Å². The molecule has 0 bridgehead atoms. The van der Waals surface area contributed by atoms with Crippen LogP contribution in [0.15, 0.2) is 34.8 Å². The molecule has 0 radical (unpaired) electrons. The lowest BCUT2D eigenvalue weighted by atomic mass is 10.1. The maximum atomic E-state index is 8.86. The number of hydrogen-bond acceptors (Lipinski definition) is 3. The molecular weight excluding hydrogens is 292 g/mol. The first kappa shape index (κ1) is 13.2. The van der Waals surface area contributed by atoms with Crippen LogP contribution in [0.1, 0.15) is 17.9 Å². The first-order valence-electron chi connectivity index (χ1n) is 5.91. The molecule has 18 heavy (non-hydrogen) atoms. The van der Waals surface area contributed by atoms with Gasteiger partial charge in [-0.25, -0.2) is 9.97 Å². The number of hydrogen-bond donors (Lipinski definition) is 1. The molecule has 0 aliphatic carbocycles. The molecule has 0 spiro atoms. The fraction of sp³-hybridized carbons (Fsp3) is 0.286. The zero-order valence-corrected chi connectivity index (χ0v) is 11.8. The molecule has 1 N–H and O–H groups in total. The van der Waals surface area contributed by atoms with Crippen LogP contribution in [0, 0.1) is 6.92 Å². The van der Waals surface area contributed by atoms with Gasteiger partial charge in [0.25, 0.3) is 0 Å². The van der Waals surface area contributed by atoms with Crippen LogP contribution in [-0.2, 0) is 6.42 Å². The lowest BCUT2D eigenvalue weighted by Gasteiger charge is -2.07. The topological polar surface area (TPSA) is 46.0 Å². The predicted molar refractivity (Wildman–Crippen MR) is 75.3 cm³/mol.